The number of ether oxygens (including phenoxy) is 1. The number of aryl methyl sites for hydroxylation is 2. The summed E-state index contributed by atoms with van der Waals surface area (Å²) in [6, 6.07) is 6.87. The average molecular weight is 326 g/mol. The van der Waals surface area contributed by atoms with Crippen LogP contribution in [0.15, 0.2) is 18.2 Å². The zero-order valence-electron chi connectivity index (χ0n) is 14.6. The molecule has 1 saturated carbocycles. The third kappa shape index (κ3) is 3.07. The van der Waals surface area contributed by atoms with Crippen LogP contribution in [0.2, 0.25) is 0 Å². The standard InChI is InChI=1S/C20H26N2O2/c1-13-3-6-19-18(9-13)17(14(2)21-19)10-20(23)22(16-4-5-16)11-15-7-8-24-12-15/h3,6,9,15-16,21H,4-5,7-8,10-12H2,1-2H3. The highest BCUT2D eigenvalue weighted by atomic mass is 16.5. The molecule has 128 valence electrons. The van der Waals surface area contributed by atoms with Gasteiger partial charge in [0.2, 0.25) is 5.91 Å². The highest BCUT2D eigenvalue weighted by molar-refractivity contribution is 5.90. The Morgan fingerprint density at radius 2 is 2.12 bits per heavy atom. The van der Waals surface area contributed by atoms with Gasteiger partial charge in [-0.3, -0.25) is 4.79 Å². The Morgan fingerprint density at radius 1 is 1.29 bits per heavy atom. The number of benzene rings is 1. The van der Waals surface area contributed by atoms with Gasteiger partial charge in [0, 0.05) is 41.7 Å². The van der Waals surface area contributed by atoms with Crippen molar-refractivity contribution in [3.05, 3.63) is 35.0 Å². The Hall–Kier alpha value is -1.81. The normalized spacial score (nSPS) is 20.7. The summed E-state index contributed by atoms with van der Waals surface area (Å²) in [4.78, 5) is 18.6. The molecule has 4 rings (SSSR count). The van der Waals surface area contributed by atoms with Crippen LogP contribution in [0.5, 0.6) is 0 Å². The van der Waals surface area contributed by atoms with Crippen LogP contribution in [-0.4, -0.2) is 41.6 Å². The number of carbonyl (C=O) groups is 1. The molecule has 4 nitrogen and oxygen atoms in total. The van der Waals surface area contributed by atoms with Crippen molar-refractivity contribution in [1.82, 2.24) is 9.88 Å². The van der Waals surface area contributed by atoms with E-state index < -0.39 is 0 Å². The molecule has 1 saturated heterocycles. The van der Waals surface area contributed by atoms with Gasteiger partial charge in [-0.2, -0.15) is 0 Å². The average Bonchev–Trinajstić information content (AvgIpc) is 3.18. The maximum atomic E-state index is 13.0. The van der Waals surface area contributed by atoms with Gasteiger partial charge in [0.25, 0.3) is 0 Å². The fourth-order valence-electron chi connectivity index (χ4n) is 3.82. The molecule has 4 heteroatoms. The zero-order chi connectivity index (χ0) is 16.7. The second-order valence-corrected chi connectivity index (χ2v) is 7.46. The molecule has 2 heterocycles. The lowest BCUT2D eigenvalue weighted by molar-refractivity contribution is -0.131. The molecule has 1 amide bonds. The number of nitrogens with one attached hydrogen (secondary N) is 1. The van der Waals surface area contributed by atoms with E-state index in [1.807, 2.05) is 0 Å². The highest BCUT2D eigenvalue weighted by Gasteiger charge is 2.35. The van der Waals surface area contributed by atoms with E-state index in [1.165, 1.54) is 10.9 Å². The largest absolute Gasteiger partial charge is 0.381 e. The maximum Gasteiger partial charge on any atom is 0.227 e. The van der Waals surface area contributed by atoms with Crippen LogP contribution in [-0.2, 0) is 16.0 Å². The third-order valence-corrected chi connectivity index (χ3v) is 5.39. The van der Waals surface area contributed by atoms with E-state index in [0.717, 1.165) is 55.8 Å². The van der Waals surface area contributed by atoms with Crippen LogP contribution in [0, 0.1) is 19.8 Å². The lowest BCUT2D eigenvalue weighted by atomic mass is 10.0. The van der Waals surface area contributed by atoms with E-state index in [4.69, 9.17) is 4.74 Å². The van der Waals surface area contributed by atoms with Crippen molar-refractivity contribution in [2.75, 3.05) is 19.8 Å². The van der Waals surface area contributed by atoms with Crippen LogP contribution >= 0.6 is 0 Å². The van der Waals surface area contributed by atoms with Crippen molar-refractivity contribution in [2.45, 2.75) is 45.6 Å². The molecule has 0 spiro atoms. The van der Waals surface area contributed by atoms with Crippen LogP contribution in [0.25, 0.3) is 10.9 Å². The van der Waals surface area contributed by atoms with E-state index in [0.29, 0.717) is 18.4 Å². The number of hydrogen-bond acceptors (Lipinski definition) is 2. The van der Waals surface area contributed by atoms with Gasteiger partial charge in [-0.25, -0.2) is 0 Å². The first-order valence-corrected chi connectivity index (χ1v) is 9.07. The van der Waals surface area contributed by atoms with Gasteiger partial charge in [0.05, 0.1) is 13.0 Å². The fraction of sp³-hybridized carbons (Fsp3) is 0.550. The Kier molecular flexibility index (Phi) is 4.09. The number of hydrogen-bond donors (Lipinski definition) is 1. The Bertz CT molecular complexity index is 754. The molecule has 1 unspecified atom stereocenters. The predicted octanol–water partition coefficient (Wildman–Crippen LogP) is 3.35. The fourth-order valence-corrected chi connectivity index (χ4v) is 3.82. The molecule has 1 aliphatic carbocycles. The monoisotopic (exact) mass is 326 g/mol. The molecule has 0 bridgehead atoms. The smallest absolute Gasteiger partial charge is 0.227 e. The first kappa shape index (κ1) is 15.7. The van der Waals surface area contributed by atoms with Gasteiger partial charge >= 0.3 is 0 Å². The molecule has 2 aliphatic rings. The molecule has 1 N–H and O–H groups in total. The lowest BCUT2D eigenvalue weighted by Crippen LogP contribution is -2.38. The first-order chi connectivity index (χ1) is 11.6. The lowest BCUT2D eigenvalue weighted by Gasteiger charge is -2.25. The summed E-state index contributed by atoms with van der Waals surface area (Å²) in [5, 5.41) is 1.20. The summed E-state index contributed by atoms with van der Waals surface area (Å²) in [6.45, 7) is 6.69. The Labute approximate surface area is 143 Å². The summed E-state index contributed by atoms with van der Waals surface area (Å²) >= 11 is 0. The molecule has 0 radical (unpaired) electrons. The number of H-pyrrole nitrogens is 1. The molecular formula is C20H26N2O2. The number of aromatic nitrogens is 1. The van der Waals surface area contributed by atoms with Gasteiger partial charge in [0.1, 0.15) is 0 Å². The number of rotatable bonds is 5. The van der Waals surface area contributed by atoms with Gasteiger partial charge in [-0.15, -0.1) is 0 Å². The second-order valence-electron chi connectivity index (χ2n) is 7.46. The van der Waals surface area contributed by atoms with E-state index >= 15 is 0 Å². The third-order valence-electron chi connectivity index (χ3n) is 5.39. The quantitative estimate of drug-likeness (QED) is 0.916. The zero-order valence-corrected chi connectivity index (χ0v) is 14.6. The van der Waals surface area contributed by atoms with E-state index in [9.17, 15) is 4.79 Å². The number of nitrogens with zero attached hydrogens (tertiary/aromatic N) is 1. The van der Waals surface area contributed by atoms with Gasteiger partial charge in [-0.05, 0) is 50.8 Å². The van der Waals surface area contributed by atoms with Crippen molar-refractivity contribution >= 4 is 16.8 Å². The van der Waals surface area contributed by atoms with Crippen molar-refractivity contribution in [2.24, 2.45) is 5.92 Å². The topological polar surface area (TPSA) is 45.3 Å². The summed E-state index contributed by atoms with van der Waals surface area (Å²) in [6.07, 6.45) is 3.90. The van der Waals surface area contributed by atoms with Crippen molar-refractivity contribution in [3.8, 4) is 0 Å². The summed E-state index contributed by atoms with van der Waals surface area (Å²) < 4.78 is 5.49. The molecule has 2 fully saturated rings. The predicted molar refractivity (Wildman–Crippen MR) is 95.1 cm³/mol. The number of aromatic amines is 1. The molecule has 2 aromatic rings. The van der Waals surface area contributed by atoms with Crippen molar-refractivity contribution in [3.63, 3.8) is 0 Å². The Balaban J connectivity index is 1.55. The van der Waals surface area contributed by atoms with E-state index in [1.54, 1.807) is 0 Å². The molecule has 1 aliphatic heterocycles. The number of amides is 1. The van der Waals surface area contributed by atoms with Gasteiger partial charge in [0.15, 0.2) is 0 Å². The van der Waals surface area contributed by atoms with Crippen LogP contribution in [0.3, 0.4) is 0 Å². The minimum absolute atomic E-state index is 0.273. The first-order valence-electron chi connectivity index (χ1n) is 9.07. The molecule has 1 atom stereocenters. The van der Waals surface area contributed by atoms with Gasteiger partial charge < -0.3 is 14.6 Å². The molecule has 1 aromatic carbocycles. The SMILES string of the molecule is Cc1ccc2[nH]c(C)c(CC(=O)N(CC3CCOC3)C3CC3)c2c1. The van der Waals surface area contributed by atoms with E-state index in [2.05, 4.69) is 41.9 Å². The summed E-state index contributed by atoms with van der Waals surface area (Å²) in [7, 11) is 0. The summed E-state index contributed by atoms with van der Waals surface area (Å²) in [5.74, 6) is 0.788. The van der Waals surface area contributed by atoms with Crippen molar-refractivity contribution < 1.29 is 9.53 Å². The minimum Gasteiger partial charge on any atom is -0.381 e. The number of carbonyl (C=O) groups excluding carboxylic acids is 1. The maximum absolute atomic E-state index is 13.0. The van der Waals surface area contributed by atoms with Gasteiger partial charge in [-0.1, -0.05) is 11.6 Å². The highest BCUT2D eigenvalue weighted by Crippen LogP contribution is 2.31. The van der Waals surface area contributed by atoms with Crippen LogP contribution < -0.4 is 0 Å². The molecule has 1 aromatic heterocycles. The van der Waals surface area contributed by atoms with Crippen LogP contribution in [0.1, 0.15) is 36.1 Å². The van der Waals surface area contributed by atoms with Crippen molar-refractivity contribution in [1.29, 1.82) is 0 Å². The summed E-state index contributed by atoms with van der Waals surface area (Å²) in [5.41, 5.74) is 4.64. The second kappa shape index (κ2) is 6.25. The molecular weight excluding hydrogens is 300 g/mol. The van der Waals surface area contributed by atoms with E-state index in [-0.39, 0.29) is 5.91 Å². The molecule has 24 heavy (non-hydrogen) atoms. The Morgan fingerprint density at radius 3 is 2.83 bits per heavy atom. The van der Waals surface area contributed by atoms with Crippen LogP contribution in [0.4, 0.5) is 0 Å². The minimum atomic E-state index is 0.273. The number of fused-ring (bicyclic) bond motifs is 1.